The Morgan fingerprint density at radius 1 is 0.203 bits per heavy atom. The first-order chi connectivity index (χ1) is 29.3. The van der Waals surface area contributed by atoms with Crippen LogP contribution in [0.1, 0.15) is 0 Å². The SMILES string of the molecule is c1ccc(-c2c(-c3ccccc3)c(-c3ccccc3)c3c(c2-c2ccccc2)-c2cccc4c(-c5cccc6c5sc5c(-c7ccccc7)cccc56)ccc-3c24)cc1. The summed E-state index contributed by atoms with van der Waals surface area (Å²) in [5.41, 5.74) is 20.2. The van der Waals surface area contributed by atoms with Crippen LogP contribution < -0.4 is 0 Å². The van der Waals surface area contributed by atoms with E-state index >= 15 is 0 Å². The lowest BCUT2D eigenvalue weighted by Crippen LogP contribution is -1.99. The Bertz CT molecular complexity index is 3270. The third-order valence-electron chi connectivity index (χ3n) is 12.2. The second kappa shape index (κ2) is 13.7. The molecule has 0 atom stereocenters. The van der Waals surface area contributed by atoms with E-state index in [-0.39, 0.29) is 0 Å². The molecule has 10 aromatic carbocycles. The number of benzene rings is 10. The maximum Gasteiger partial charge on any atom is 0.0434 e. The van der Waals surface area contributed by atoms with E-state index in [0.29, 0.717) is 0 Å². The average molecular weight is 765 g/mol. The molecule has 0 bridgehead atoms. The quantitative estimate of drug-likeness (QED) is 0.158. The molecule has 0 saturated carbocycles. The van der Waals surface area contributed by atoms with Gasteiger partial charge in [-0.2, -0.15) is 0 Å². The minimum atomic E-state index is 1.21. The summed E-state index contributed by atoms with van der Waals surface area (Å²) in [7, 11) is 0. The lowest BCUT2D eigenvalue weighted by Gasteiger charge is -2.26. The van der Waals surface area contributed by atoms with Gasteiger partial charge in [0.1, 0.15) is 0 Å². The maximum atomic E-state index is 2.42. The van der Waals surface area contributed by atoms with Gasteiger partial charge >= 0.3 is 0 Å². The van der Waals surface area contributed by atoms with Crippen molar-refractivity contribution in [3.05, 3.63) is 218 Å². The Labute approximate surface area is 348 Å². The van der Waals surface area contributed by atoms with Crippen molar-refractivity contribution in [2.45, 2.75) is 0 Å². The predicted octanol–water partition coefficient (Wildman–Crippen LogP) is 16.9. The van der Waals surface area contributed by atoms with E-state index in [9.17, 15) is 0 Å². The molecule has 0 amide bonds. The van der Waals surface area contributed by atoms with Crippen LogP contribution in [0.2, 0.25) is 0 Å². The Morgan fingerprint density at radius 3 is 1.02 bits per heavy atom. The van der Waals surface area contributed by atoms with Crippen LogP contribution in [0.15, 0.2) is 218 Å². The summed E-state index contributed by atoms with van der Waals surface area (Å²) in [6, 6.07) is 80.5. The number of hydrogen-bond donors (Lipinski definition) is 0. The van der Waals surface area contributed by atoms with Gasteiger partial charge in [0.2, 0.25) is 0 Å². The van der Waals surface area contributed by atoms with Crippen molar-refractivity contribution in [2.75, 3.05) is 0 Å². The molecule has 274 valence electrons. The highest BCUT2D eigenvalue weighted by Gasteiger charge is 2.34. The highest BCUT2D eigenvalue weighted by molar-refractivity contribution is 7.26. The van der Waals surface area contributed by atoms with Crippen molar-refractivity contribution >= 4 is 42.3 Å². The summed E-state index contributed by atoms with van der Waals surface area (Å²) in [4.78, 5) is 0. The fourth-order valence-electron chi connectivity index (χ4n) is 9.80. The zero-order chi connectivity index (χ0) is 38.9. The average Bonchev–Trinajstić information content (AvgIpc) is 3.87. The summed E-state index contributed by atoms with van der Waals surface area (Å²) in [6.07, 6.45) is 0. The molecule has 59 heavy (non-hydrogen) atoms. The first-order valence-corrected chi connectivity index (χ1v) is 21.2. The van der Waals surface area contributed by atoms with Crippen LogP contribution in [-0.2, 0) is 0 Å². The Balaban J connectivity index is 1.21. The molecule has 1 heteroatoms. The molecule has 1 aromatic heterocycles. The molecule has 0 unspecified atom stereocenters. The highest BCUT2D eigenvalue weighted by Crippen LogP contribution is 2.61. The fraction of sp³-hybridized carbons (Fsp3) is 0. The molecule has 1 aliphatic carbocycles. The minimum absolute atomic E-state index is 1.21. The normalized spacial score (nSPS) is 11.7. The number of fused-ring (bicyclic) bond motifs is 6. The molecular formula is C58H36S. The van der Waals surface area contributed by atoms with Gasteiger partial charge in [0, 0.05) is 25.7 Å². The van der Waals surface area contributed by atoms with Gasteiger partial charge in [-0.25, -0.2) is 0 Å². The molecular weight excluding hydrogens is 729 g/mol. The third-order valence-corrected chi connectivity index (χ3v) is 13.5. The van der Waals surface area contributed by atoms with E-state index in [1.165, 1.54) is 120 Å². The molecule has 0 fully saturated rings. The topological polar surface area (TPSA) is 0 Å². The van der Waals surface area contributed by atoms with E-state index < -0.39 is 0 Å². The van der Waals surface area contributed by atoms with Crippen LogP contribution in [0.5, 0.6) is 0 Å². The second-order valence-corrected chi connectivity index (χ2v) is 16.5. The molecule has 0 spiro atoms. The zero-order valence-electron chi connectivity index (χ0n) is 32.2. The van der Waals surface area contributed by atoms with Crippen LogP contribution in [-0.4, -0.2) is 0 Å². The molecule has 0 saturated heterocycles. The summed E-state index contributed by atoms with van der Waals surface area (Å²) < 4.78 is 2.66. The second-order valence-electron chi connectivity index (χ2n) is 15.4. The molecule has 0 radical (unpaired) electrons. The van der Waals surface area contributed by atoms with Crippen molar-refractivity contribution in [3.63, 3.8) is 0 Å². The summed E-state index contributed by atoms with van der Waals surface area (Å²) in [5, 5.41) is 5.23. The predicted molar refractivity (Wildman–Crippen MR) is 254 cm³/mol. The molecule has 11 aromatic rings. The van der Waals surface area contributed by atoms with Gasteiger partial charge in [-0.3, -0.25) is 0 Å². The smallest absolute Gasteiger partial charge is 0.0434 e. The van der Waals surface area contributed by atoms with E-state index in [4.69, 9.17) is 0 Å². The molecule has 12 rings (SSSR count). The number of thiophene rings is 1. The van der Waals surface area contributed by atoms with Crippen LogP contribution in [0.4, 0.5) is 0 Å². The van der Waals surface area contributed by atoms with Gasteiger partial charge in [-0.15, -0.1) is 11.3 Å². The number of rotatable bonds is 6. The Morgan fingerprint density at radius 2 is 0.542 bits per heavy atom. The Hall–Kier alpha value is -7.32. The van der Waals surface area contributed by atoms with Gasteiger partial charge in [-0.1, -0.05) is 218 Å². The molecule has 1 heterocycles. The zero-order valence-corrected chi connectivity index (χ0v) is 33.0. The largest absolute Gasteiger partial charge is 0.134 e. The van der Waals surface area contributed by atoms with Gasteiger partial charge in [0.05, 0.1) is 0 Å². The third kappa shape index (κ3) is 5.22. The van der Waals surface area contributed by atoms with Crippen molar-refractivity contribution < 1.29 is 0 Å². The van der Waals surface area contributed by atoms with E-state index in [1.807, 2.05) is 11.3 Å². The standard InChI is InChI=1S/C58H36S/c1-6-19-37(20-7-1)42-29-16-32-46-47-33-18-31-45(58(47)59-57(42)46)43-35-36-49-54-44(43)30-17-34-48(54)55-52(40-25-12-4-13-26-40)50(38-21-8-2-9-22-38)51(39-23-10-3-11-24-39)53(56(49)55)41-27-14-5-15-28-41/h1-36H. The van der Waals surface area contributed by atoms with Crippen LogP contribution in [0.25, 0.3) is 120 Å². The van der Waals surface area contributed by atoms with Crippen molar-refractivity contribution in [1.82, 2.24) is 0 Å². The van der Waals surface area contributed by atoms with E-state index in [0.717, 1.165) is 0 Å². The van der Waals surface area contributed by atoms with Crippen LogP contribution in [0.3, 0.4) is 0 Å². The van der Waals surface area contributed by atoms with Crippen LogP contribution in [0, 0.1) is 0 Å². The van der Waals surface area contributed by atoms with Gasteiger partial charge in [-0.05, 0) is 94.2 Å². The van der Waals surface area contributed by atoms with Crippen LogP contribution >= 0.6 is 11.3 Å². The van der Waals surface area contributed by atoms with Crippen molar-refractivity contribution in [1.29, 1.82) is 0 Å². The van der Waals surface area contributed by atoms with E-state index in [2.05, 4.69) is 218 Å². The van der Waals surface area contributed by atoms with Crippen molar-refractivity contribution in [2.24, 2.45) is 0 Å². The number of hydrogen-bond acceptors (Lipinski definition) is 1. The first-order valence-electron chi connectivity index (χ1n) is 20.4. The minimum Gasteiger partial charge on any atom is -0.134 e. The molecule has 0 N–H and O–H groups in total. The molecule has 1 aliphatic rings. The van der Waals surface area contributed by atoms with Gasteiger partial charge in [0.25, 0.3) is 0 Å². The van der Waals surface area contributed by atoms with Crippen molar-refractivity contribution in [3.8, 4) is 89.0 Å². The fourth-order valence-corrected chi connectivity index (χ4v) is 11.2. The van der Waals surface area contributed by atoms with E-state index in [1.54, 1.807) is 0 Å². The first kappa shape index (κ1) is 33.8. The highest BCUT2D eigenvalue weighted by atomic mass is 32.1. The maximum absolute atomic E-state index is 2.42. The lowest BCUT2D eigenvalue weighted by atomic mass is 9.76. The molecule has 0 aliphatic heterocycles. The summed E-state index contributed by atoms with van der Waals surface area (Å²) >= 11 is 1.92. The monoisotopic (exact) mass is 764 g/mol. The lowest BCUT2D eigenvalue weighted by molar-refractivity contribution is 1.54. The van der Waals surface area contributed by atoms with Gasteiger partial charge in [0.15, 0.2) is 0 Å². The molecule has 0 nitrogen and oxygen atoms in total. The summed E-state index contributed by atoms with van der Waals surface area (Å²) in [6.45, 7) is 0. The summed E-state index contributed by atoms with van der Waals surface area (Å²) in [5.74, 6) is 0. The Kier molecular flexibility index (Phi) is 7.82. The van der Waals surface area contributed by atoms with Gasteiger partial charge < -0.3 is 0 Å².